The van der Waals surface area contributed by atoms with E-state index in [0.29, 0.717) is 38.6 Å². The largest absolute Gasteiger partial charge is 0.390 e. The van der Waals surface area contributed by atoms with Crippen LogP contribution in [0.2, 0.25) is 0 Å². The highest BCUT2D eigenvalue weighted by atomic mass is 16.3. The number of hydrogen-bond acceptors (Lipinski definition) is 5. The molecule has 2 saturated heterocycles. The third-order valence-electron chi connectivity index (χ3n) is 9.17. The van der Waals surface area contributed by atoms with Gasteiger partial charge in [-0.1, -0.05) is 44.4 Å². The molecule has 3 heterocycles. The molecule has 3 fully saturated rings. The van der Waals surface area contributed by atoms with Gasteiger partial charge in [-0.3, -0.25) is 14.5 Å². The molecule has 1 aromatic heterocycles. The molecule has 2 aliphatic heterocycles. The molecular weight excluding hydrogens is 478 g/mol. The van der Waals surface area contributed by atoms with Gasteiger partial charge in [-0.05, 0) is 58.1 Å². The first-order valence-electron chi connectivity index (χ1n) is 14.4. The SMILES string of the molecule is CCCCN1C(=O)[C@@H](CC2(O)CCCC2)NC(=O)C12CCN(Cc1c(C)nn(-c3ccccc3)c1C)CC2. The normalized spacial score (nSPS) is 23.3. The van der Waals surface area contributed by atoms with Gasteiger partial charge < -0.3 is 15.3 Å². The number of likely N-dealkylation sites (tertiary alicyclic amines) is 1. The number of nitrogens with zero attached hydrogens (tertiary/aromatic N) is 4. The lowest BCUT2D eigenvalue weighted by atomic mass is 9.80. The van der Waals surface area contributed by atoms with Crippen molar-refractivity contribution in [2.75, 3.05) is 19.6 Å². The average molecular weight is 522 g/mol. The van der Waals surface area contributed by atoms with Crippen LogP contribution in [0.15, 0.2) is 30.3 Å². The van der Waals surface area contributed by atoms with Crippen LogP contribution < -0.4 is 5.32 Å². The molecular formula is C30H43N5O3. The zero-order valence-corrected chi connectivity index (χ0v) is 23.2. The lowest BCUT2D eigenvalue weighted by Gasteiger charge is -2.52. The fraction of sp³-hybridized carbons (Fsp3) is 0.633. The molecule has 1 saturated carbocycles. The summed E-state index contributed by atoms with van der Waals surface area (Å²) >= 11 is 0. The van der Waals surface area contributed by atoms with Gasteiger partial charge in [-0.15, -0.1) is 0 Å². The number of rotatable bonds is 8. The highest BCUT2D eigenvalue weighted by molar-refractivity contribution is 6.00. The van der Waals surface area contributed by atoms with Gasteiger partial charge in [0.1, 0.15) is 11.6 Å². The molecule has 0 radical (unpaired) electrons. The van der Waals surface area contributed by atoms with Crippen molar-refractivity contribution in [3.05, 3.63) is 47.3 Å². The minimum Gasteiger partial charge on any atom is -0.390 e. The second-order valence-electron chi connectivity index (χ2n) is 11.7. The van der Waals surface area contributed by atoms with E-state index in [-0.39, 0.29) is 11.8 Å². The first-order chi connectivity index (χ1) is 18.3. The maximum atomic E-state index is 13.8. The number of aryl methyl sites for hydroxylation is 1. The summed E-state index contributed by atoms with van der Waals surface area (Å²) in [5, 5.41) is 18.8. The van der Waals surface area contributed by atoms with Gasteiger partial charge >= 0.3 is 0 Å². The van der Waals surface area contributed by atoms with E-state index in [9.17, 15) is 14.7 Å². The van der Waals surface area contributed by atoms with Gasteiger partial charge in [-0.25, -0.2) is 4.68 Å². The number of benzene rings is 1. The van der Waals surface area contributed by atoms with Crippen LogP contribution in [0, 0.1) is 13.8 Å². The van der Waals surface area contributed by atoms with Crippen molar-refractivity contribution in [2.45, 2.75) is 102 Å². The van der Waals surface area contributed by atoms with E-state index in [1.165, 1.54) is 5.56 Å². The van der Waals surface area contributed by atoms with E-state index in [4.69, 9.17) is 5.10 Å². The molecule has 5 rings (SSSR count). The number of carbonyl (C=O) groups is 2. The monoisotopic (exact) mass is 521 g/mol. The summed E-state index contributed by atoms with van der Waals surface area (Å²) in [6.07, 6.45) is 6.79. The molecule has 2 aromatic rings. The molecule has 2 N–H and O–H groups in total. The van der Waals surface area contributed by atoms with Gasteiger partial charge in [0.05, 0.1) is 17.0 Å². The molecule has 0 bridgehead atoms. The summed E-state index contributed by atoms with van der Waals surface area (Å²) in [5.41, 5.74) is 2.80. The number of carbonyl (C=O) groups excluding carboxylic acids is 2. The first-order valence-corrected chi connectivity index (χ1v) is 14.4. The van der Waals surface area contributed by atoms with E-state index < -0.39 is 17.2 Å². The lowest BCUT2D eigenvalue weighted by molar-refractivity contribution is -0.163. The van der Waals surface area contributed by atoms with Crippen molar-refractivity contribution in [3.63, 3.8) is 0 Å². The van der Waals surface area contributed by atoms with Crippen LogP contribution in [0.5, 0.6) is 0 Å². The summed E-state index contributed by atoms with van der Waals surface area (Å²) in [4.78, 5) is 31.7. The van der Waals surface area contributed by atoms with E-state index in [1.807, 2.05) is 27.8 Å². The van der Waals surface area contributed by atoms with E-state index in [0.717, 1.165) is 62.4 Å². The molecule has 1 spiro atoms. The van der Waals surface area contributed by atoms with Crippen molar-refractivity contribution < 1.29 is 14.7 Å². The fourth-order valence-electron chi connectivity index (χ4n) is 6.80. The Morgan fingerprint density at radius 3 is 2.39 bits per heavy atom. The predicted molar refractivity (Wildman–Crippen MR) is 147 cm³/mol. The summed E-state index contributed by atoms with van der Waals surface area (Å²) in [7, 11) is 0. The van der Waals surface area contributed by atoms with Gasteiger partial charge in [0, 0.05) is 43.9 Å². The van der Waals surface area contributed by atoms with Gasteiger partial charge in [0.25, 0.3) is 0 Å². The topological polar surface area (TPSA) is 90.7 Å². The molecule has 1 aliphatic carbocycles. The third kappa shape index (κ3) is 5.00. The zero-order valence-electron chi connectivity index (χ0n) is 23.2. The van der Waals surface area contributed by atoms with Crippen molar-refractivity contribution in [2.24, 2.45) is 0 Å². The Labute approximate surface area is 226 Å². The minimum absolute atomic E-state index is 0.0114. The summed E-state index contributed by atoms with van der Waals surface area (Å²) in [5.74, 6) is -0.0497. The Morgan fingerprint density at radius 2 is 1.74 bits per heavy atom. The van der Waals surface area contributed by atoms with Crippen LogP contribution in [-0.2, 0) is 16.1 Å². The Bertz CT molecular complexity index is 1150. The van der Waals surface area contributed by atoms with Gasteiger partial charge in [0.15, 0.2) is 0 Å². The highest BCUT2D eigenvalue weighted by Gasteiger charge is 2.54. The highest BCUT2D eigenvalue weighted by Crippen LogP contribution is 2.38. The van der Waals surface area contributed by atoms with E-state index >= 15 is 0 Å². The van der Waals surface area contributed by atoms with Gasteiger partial charge in [-0.2, -0.15) is 5.10 Å². The number of para-hydroxylation sites is 1. The van der Waals surface area contributed by atoms with Crippen LogP contribution in [0.4, 0.5) is 0 Å². The predicted octanol–water partition coefficient (Wildman–Crippen LogP) is 3.65. The van der Waals surface area contributed by atoms with Crippen molar-refractivity contribution in [1.29, 1.82) is 0 Å². The van der Waals surface area contributed by atoms with Crippen molar-refractivity contribution >= 4 is 11.8 Å². The molecule has 8 nitrogen and oxygen atoms in total. The molecule has 1 atom stereocenters. The molecule has 8 heteroatoms. The summed E-state index contributed by atoms with van der Waals surface area (Å²) in [6, 6.07) is 9.56. The summed E-state index contributed by atoms with van der Waals surface area (Å²) < 4.78 is 2.01. The Kier molecular flexibility index (Phi) is 7.65. The fourth-order valence-corrected chi connectivity index (χ4v) is 6.80. The summed E-state index contributed by atoms with van der Waals surface area (Å²) in [6.45, 7) is 9.15. The minimum atomic E-state index is -0.836. The van der Waals surface area contributed by atoms with Crippen LogP contribution in [0.3, 0.4) is 0 Å². The average Bonchev–Trinajstić information content (AvgIpc) is 3.47. The number of aliphatic hydroxyl groups is 1. The number of unbranched alkanes of at least 4 members (excludes halogenated alkanes) is 1. The molecule has 2 amide bonds. The Hall–Kier alpha value is -2.71. The number of aromatic nitrogens is 2. The molecule has 0 unspecified atom stereocenters. The molecule has 206 valence electrons. The number of amides is 2. The van der Waals surface area contributed by atoms with Crippen LogP contribution in [0.25, 0.3) is 5.69 Å². The van der Waals surface area contributed by atoms with Crippen LogP contribution in [0.1, 0.15) is 81.7 Å². The number of nitrogens with one attached hydrogen (secondary N) is 1. The standard InChI is InChI=1S/C30H43N5O3/c1-4-5-17-34-27(36)26(20-29(38)13-9-10-14-29)31-28(37)30(34)15-18-33(19-16-30)21-25-22(2)32-35(23(25)3)24-11-7-6-8-12-24/h6-8,11-12,26,38H,4-5,9-10,13-21H2,1-3H3,(H,31,37)/t26-/m1/s1. The molecule has 38 heavy (non-hydrogen) atoms. The lowest BCUT2D eigenvalue weighted by Crippen LogP contribution is -2.73. The first kappa shape index (κ1) is 26.9. The second kappa shape index (κ2) is 10.8. The van der Waals surface area contributed by atoms with Crippen molar-refractivity contribution in [3.8, 4) is 5.69 Å². The Morgan fingerprint density at radius 1 is 1.05 bits per heavy atom. The maximum Gasteiger partial charge on any atom is 0.246 e. The van der Waals surface area contributed by atoms with Crippen LogP contribution >= 0.6 is 0 Å². The van der Waals surface area contributed by atoms with E-state index in [1.54, 1.807) is 0 Å². The van der Waals surface area contributed by atoms with Crippen molar-refractivity contribution in [1.82, 2.24) is 24.9 Å². The maximum absolute atomic E-state index is 13.8. The second-order valence-corrected chi connectivity index (χ2v) is 11.7. The van der Waals surface area contributed by atoms with Crippen LogP contribution in [-0.4, -0.2) is 73.3 Å². The smallest absolute Gasteiger partial charge is 0.246 e. The zero-order chi connectivity index (χ0) is 26.9. The third-order valence-corrected chi connectivity index (χ3v) is 9.17. The quantitative estimate of drug-likeness (QED) is 0.554. The Balaban J connectivity index is 1.30. The molecule has 3 aliphatic rings. The van der Waals surface area contributed by atoms with Gasteiger partial charge in [0.2, 0.25) is 11.8 Å². The number of piperazine rings is 1. The molecule has 1 aromatic carbocycles. The van der Waals surface area contributed by atoms with E-state index in [2.05, 4.69) is 43.1 Å². The number of piperidine rings is 1. The number of hydrogen-bond donors (Lipinski definition) is 2.